The van der Waals surface area contributed by atoms with Crippen molar-refractivity contribution in [3.05, 3.63) is 30.3 Å². The lowest BCUT2D eigenvalue weighted by atomic mass is 10.1. The Hall–Kier alpha value is -1.06. The Morgan fingerprint density at radius 2 is 2.00 bits per heavy atom. The van der Waals surface area contributed by atoms with Crippen molar-refractivity contribution in [3.63, 3.8) is 0 Å². The lowest BCUT2D eigenvalue weighted by molar-refractivity contribution is -0.00743. The maximum atomic E-state index is 6.20. The van der Waals surface area contributed by atoms with Gasteiger partial charge in [0.1, 0.15) is 0 Å². The third kappa shape index (κ3) is 2.85. The van der Waals surface area contributed by atoms with Crippen LogP contribution in [0.15, 0.2) is 30.3 Å². The van der Waals surface area contributed by atoms with E-state index in [1.807, 2.05) is 0 Å². The molecule has 3 rings (SSSR count). The Kier molecular flexibility index (Phi) is 3.81. The molecule has 2 saturated heterocycles. The molecule has 2 unspecified atom stereocenters. The Balaban J connectivity index is 1.58. The number of hydrogen-bond acceptors (Lipinski definition) is 3. The molecular formula is C15H22N2O. The Bertz CT molecular complexity index is 362. The van der Waals surface area contributed by atoms with E-state index in [-0.39, 0.29) is 0 Å². The van der Waals surface area contributed by atoms with Gasteiger partial charge in [-0.25, -0.2) is 0 Å². The van der Waals surface area contributed by atoms with Crippen molar-refractivity contribution in [2.45, 2.75) is 31.5 Å². The average molecular weight is 246 g/mol. The van der Waals surface area contributed by atoms with E-state index < -0.39 is 0 Å². The predicted molar refractivity (Wildman–Crippen MR) is 74.0 cm³/mol. The second kappa shape index (κ2) is 5.72. The molecule has 2 atom stereocenters. The van der Waals surface area contributed by atoms with Crippen LogP contribution in [0.1, 0.15) is 19.3 Å². The zero-order valence-electron chi connectivity index (χ0n) is 10.8. The second-order valence-corrected chi connectivity index (χ2v) is 5.30. The van der Waals surface area contributed by atoms with Gasteiger partial charge in [0.25, 0.3) is 0 Å². The van der Waals surface area contributed by atoms with E-state index in [4.69, 9.17) is 4.74 Å². The van der Waals surface area contributed by atoms with Crippen LogP contribution in [0.3, 0.4) is 0 Å². The number of para-hydroxylation sites is 1. The van der Waals surface area contributed by atoms with E-state index >= 15 is 0 Å². The zero-order valence-corrected chi connectivity index (χ0v) is 10.8. The highest BCUT2D eigenvalue weighted by Gasteiger charge is 2.25. The molecule has 0 aromatic heterocycles. The van der Waals surface area contributed by atoms with Crippen molar-refractivity contribution in [2.24, 2.45) is 0 Å². The second-order valence-electron chi connectivity index (χ2n) is 5.30. The van der Waals surface area contributed by atoms with Gasteiger partial charge in [-0.05, 0) is 37.9 Å². The molecule has 0 bridgehead atoms. The van der Waals surface area contributed by atoms with Gasteiger partial charge in [-0.15, -0.1) is 0 Å². The highest BCUT2D eigenvalue weighted by Crippen LogP contribution is 2.22. The molecule has 2 fully saturated rings. The number of hydrogen-bond donors (Lipinski definition) is 1. The SMILES string of the molecule is c1ccc(N2CCCC(OC3CCNC3)C2)cc1. The Morgan fingerprint density at radius 3 is 2.78 bits per heavy atom. The van der Waals surface area contributed by atoms with E-state index in [0.29, 0.717) is 12.2 Å². The number of nitrogens with one attached hydrogen (secondary N) is 1. The van der Waals surface area contributed by atoms with Crippen LogP contribution in [0.5, 0.6) is 0 Å². The number of benzene rings is 1. The molecule has 3 nitrogen and oxygen atoms in total. The number of anilines is 1. The van der Waals surface area contributed by atoms with Crippen LogP contribution in [0.2, 0.25) is 0 Å². The van der Waals surface area contributed by atoms with Crippen molar-refractivity contribution in [3.8, 4) is 0 Å². The third-order valence-corrected chi connectivity index (χ3v) is 3.90. The summed E-state index contributed by atoms with van der Waals surface area (Å²) in [5, 5.41) is 3.37. The molecule has 3 heteroatoms. The molecule has 0 aliphatic carbocycles. The molecule has 0 amide bonds. The molecular weight excluding hydrogens is 224 g/mol. The zero-order chi connectivity index (χ0) is 12.2. The highest BCUT2D eigenvalue weighted by atomic mass is 16.5. The normalized spacial score (nSPS) is 28.6. The van der Waals surface area contributed by atoms with Gasteiger partial charge < -0.3 is 15.0 Å². The van der Waals surface area contributed by atoms with Crippen molar-refractivity contribution < 1.29 is 4.74 Å². The Labute approximate surface area is 109 Å². The van der Waals surface area contributed by atoms with E-state index in [2.05, 4.69) is 40.5 Å². The van der Waals surface area contributed by atoms with Crippen LogP contribution in [0.25, 0.3) is 0 Å². The summed E-state index contributed by atoms with van der Waals surface area (Å²) in [7, 11) is 0. The first-order valence-corrected chi connectivity index (χ1v) is 7.08. The topological polar surface area (TPSA) is 24.5 Å². The first-order valence-electron chi connectivity index (χ1n) is 7.08. The van der Waals surface area contributed by atoms with Crippen molar-refractivity contribution >= 4 is 5.69 Å². The van der Waals surface area contributed by atoms with Crippen molar-refractivity contribution in [2.75, 3.05) is 31.1 Å². The molecule has 0 radical (unpaired) electrons. The minimum Gasteiger partial charge on any atom is -0.372 e. The van der Waals surface area contributed by atoms with E-state index in [1.165, 1.54) is 24.9 Å². The van der Waals surface area contributed by atoms with Gasteiger partial charge in [0.2, 0.25) is 0 Å². The van der Waals surface area contributed by atoms with Gasteiger partial charge in [-0.1, -0.05) is 18.2 Å². The summed E-state index contributed by atoms with van der Waals surface area (Å²) in [5.41, 5.74) is 1.33. The fourth-order valence-corrected chi connectivity index (χ4v) is 2.94. The lowest BCUT2D eigenvalue weighted by Gasteiger charge is -2.35. The van der Waals surface area contributed by atoms with Gasteiger partial charge in [-0.2, -0.15) is 0 Å². The minimum atomic E-state index is 0.406. The van der Waals surface area contributed by atoms with E-state index in [0.717, 1.165) is 26.2 Å². The Morgan fingerprint density at radius 1 is 1.11 bits per heavy atom. The monoisotopic (exact) mass is 246 g/mol. The molecule has 18 heavy (non-hydrogen) atoms. The first-order chi connectivity index (χ1) is 8.92. The van der Waals surface area contributed by atoms with Crippen molar-refractivity contribution in [1.82, 2.24) is 5.32 Å². The summed E-state index contributed by atoms with van der Waals surface area (Å²) in [6, 6.07) is 10.7. The van der Waals surface area contributed by atoms with Gasteiger partial charge in [-0.3, -0.25) is 0 Å². The maximum Gasteiger partial charge on any atom is 0.0755 e. The van der Waals surface area contributed by atoms with Crippen LogP contribution in [-0.4, -0.2) is 38.4 Å². The maximum absolute atomic E-state index is 6.20. The quantitative estimate of drug-likeness (QED) is 0.883. The predicted octanol–water partition coefficient (Wildman–Crippen LogP) is 2.03. The molecule has 1 aromatic carbocycles. The highest BCUT2D eigenvalue weighted by molar-refractivity contribution is 5.46. The fraction of sp³-hybridized carbons (Fsp3) is 0.600. The summed E-state index contributed by atoms with van der Waals surface area (Å²) in [4.78, 5) is 2.45. The number of nitrogens with zero attached hydrogens (tertiary/aromatic N) is 1. The summed E-state index contributed by atoms with van der Waals surface area (Å²) in [6.07, 6.45) is 4.45. The molecule has 2 aliphatic heterocycles. The molecule has 98 valence electrons. The van der Waals surface area contributed by atoms with Crippen LogP contribution >= 0.6 is 0 Å². The van der Waals surface area contributed by atoms with Crippen molar-refractivity contribution in [1.29, 1.82) is 0 Å². The molecule has 2 aliphatic rings. The van der Waals surface area contributed by atoms with Crippen LogP contribution in [-0.2, 0) is 4.74 Å². The molecule has 0 spiro atoms. The van der Waals surface area contributed by atoms with Gasteiger partial charge in [0, 0.05) is 25.3 Å². The molecule has 2 heterocycles. The minimum absolute atomic E-state index is 0.406. The number of rotatable bonds is 3. The molecule has 0 saturated carbocycles. The van der Waals surface area contributed by atoms with Crippen LogP contribution < -0.4 is 10.2 Å². The lowest BCUT2D eigenvalue weighted by Crippen LogP contribution is -2.41. The molecule has 1 N–H and O–H groups in total. The van der Waals surface area contributed by atoms with Crippen LogP contribution in [0, 0.1) is 0 Å². The summed E-state index contributed by atoms with van der Waals surface area (Å²) in [5.74, 6) is 0. The van der Waals surface area contributed by atoms with E-state index in [9.17, 15) is 0 Å². The first kappa shape index (κ1) is 12.0. The average Bonchev–Trinajstić information content (AvgIpc) is 2.93. The fourth-order valence-electron chi connectivity index (χ4n) is 2.94. The third-order valence-electron chi connectivity index (χ3n) is 3.90. The largest absolute Gasteiger partial charge is 0.372 e. The smallest absolute Gasteiger partial charge is 0.0755 e. The standard InChI is InChI=1S/C15H22N2O/c1-2-5-13(6-3-1)17-10-4-7-15(12-17)18-14-8-9-16-11-14/h1-3,5-6,14-16H,4,7-12H2. The van der Waals surface area contributed by atoms with E-state index in [1.54, 1.807) is 0 Å². The number of ether oxygens (including phenoxy) is 1. The summed E-state index contributed by atoms with van der Waals surface area (Å²) < 4.78 is 6.20. The van der Waals surface area contributed by atoms with Gasteiger partial charge in [0.05, 0.1) is 12.2 Å². The summed E-state index contributed by atoms with van der Waals surface area (Å²) in [6.45, 7) is 4.34. The van der Waals surface area contributed by atoms with Crippen LogP contribution in [0.4, 0.5) is 5.69 Å². The number of piperidine rings is 1. The van der Waals surface area contributed by atoms with Gasteiger partial charge in [0.15, 0.2) is 0 Å². The summed E-state index contributed by atoms with van der Waals surface area (Å²) >= 11 is 0. The molecule has 1 aromatic rings. The van der Waals surface area contributed by atoms with Gasteiger partial charge >= 0.3 is 0 Å².